The maximum atomic E-state index is 12.4. The van der Waals surface area contributed by atoms with Gasteiger partial charge in [-0.1, -0.05) is 24.0 Å². The Morgan fingerprint density at radius 3 is 2.48 bits per heavy atom. The van der Waals surface area contributed by atoms with E-state index in [0.29, 0.717) is 14.9 Å². The molecule has 2 fully saturated rings. The molecule has 2 aromatic rings. The summed E-state index contributed by atoms with van der Waals surface area (Å²) in [4.78, 5) is 28.1. The Labute approximate surface area is 190 Å². The lowest BCUT2D eigenvalue weighted by molar-refractivity contribution is -0.384. The van der Waals surface area contributed by atoms with Crippen LogP contribution in [-0.2, 0) is 4.79 Å². The number of nitro benzene ring substituents is 1. The van der Waals surface area contributed by atoms with Gasteiger partial charge in [-0.15, -0.1) is 0 Å². The number of hydrogen-bond donors (Lipinski definition) is 0. The summed E-state index contributed by atoms with van der Waals surface area (Å²) in [5.41, 5.74) is 4.30. The maximum absolute atomic E-state index is 12.4. The largest absolute Gasteiger partial charge is 0.366 e. The molecule has 0 atom stereocenters. The second-order valence-electron chi connectivity index (χ2n) is 7.88. The lowest BCUT2D eigenvalue weighted by Crippen LogP contribution is -2.30. The number of nitro groups is 1. The average molecular weight is 457 g/mol. The molecule has 2 saturated heterocycles. The van der Waals surface area contributed by atoms with Crippen LogP contribution in [0.15, 0.2) is 29.2 Å². The molecule has 0 unspecified atom stereocenters. The van der Waals surface area contributed by atoms with E-state index in [1.54, 1.807) is 13.1 Å². The summed E-state index contributed by atoms with van der Waals surface area (Å²) in [7, 11) is 1.67. The smallest absolute Gasteiger partial charge is 0.294 e. The Balaban J connectivity index is 1.73. The zero-order valence-electron chi connectivity index (χ0n) is 17.8. The monoisotopic (exact) mass is 456 g/mol. The summed E-state index contributed by atoms with van der Waals surface area (Å²) in [5.74, 6) is -0.110. The van der Waals surface area contributed by atoms with Gasteiger partial charge in [0.15, 0.2) is 0 Å². The van der Waals surface area contributed by atoms with Crippen molar-refractivity contribution in [3.8, 4) is 5.69 Å². The van der Waals surface area contributed by atoms with Crippen molar-refractivity contribution in [1.29, 1.82) is 0 Å². The van der Waals surface area contributed by atoms with E-state index in [9.17, 15) is 14.9 Å². The Morgan fingerprint density at radius 1 is 1.16 bits per heavy atom. The van der Waals surface area contributed by atoms with Gasteiger partial charge in [-0.2, -0.15) is 0 Å². The number of piperidine rings is 1. The van der Waals surface area contributed by atoms with E-state index in [2.05, 4.69) is 4.90 Å². The third-order valence-electron chi connectivity index (χ3n) is 5.85. The molecular formula is C22H24N4O3S2. The highest BCUT2D eigenvalue weighted by Crippen LogP contribution is 2.35. The van der Waals surface area contributed by atoms with Gasteiger partial charge in [0.1, 0.15) is 10.0 Å². The van der Waals surface area contributed by atoms with Crippen LogP contribution in [0.3, 0.4) is 0 Å². The Morgan fingerprint density at radius 2 is 1.87 bits per heavy atom. The molecule has 1 aromatic heterocycles. The van der Waals surface area contributed by atoms with Crippen molar-refractivity contribution < 1.29 is 9.72 Å². The first-order valence-corrected chi connectivity index (χ1v) is 11.4. The number of carbonyl (C=O) groups excluding carboxylic acids is 1. The second-order valence-corrected chi connectivity index (χ2v) is 9.56. The fraction of sp³-hybridized carbons (Fsp3) is 0.364. The SMILES string of the molecule is Cc1cc(/C=C2\SC(=S)N(C)C2=O)c(C)n1-c1ccc(N2CCCCC2)c([N+](=O)[O-])c1. The van der Waals surface area contributed by atoms with Gasteiger partial charge in [-0.3, -0.25) is 19.8 Å². The van der Waals surface area contributed by atoms with Crippen LogP contribution in [0.2, 0.25) is 0 Å². The van der Waals surface area contributed by atoms with Crippen LogP contribution >= 0.6 is 24.0 Å². The van der Waals surface area contributed by atoms with Crippen molar-refractivity contribution in [3.63, 3.8) is 0 Å². The molecule has 31 heavy (non-hydrogen) atoms. The molecule has 2 aliphatic heterocycles. The van der Waals surface area contributed by atoms with Crippen molar-refractivity contribution in [1.82, 2.24) is 9.47 Å². The van der Waals surface area contributed by atoms with E-state index in [-0.39, 0.29) is 16.5 Å². The van der Waals surface area contributed by atoms with Gasteiger partial charge in [0, 0.05) is 37.6 Å². The molecule has 9 heteroatoms. The highest BCUT2D eigenvalue weighted by atomic mass is 32.2. The van der Waals surface area contributed by atoms with Crippen LogP contribution in [0.5, 0.6) is 0 Å². The summed E-state index contributed by atoms with van der Waals surface area (Å²) in [6, 6.07) is 7.44. The molecule has 3 heterocycles. The molecule has 4 rings (SSSR count). The first kappa shape index (κ1) is 21.6. The van der Waals surface area contributed by atoms with Crippen molar-refractivity contribution in [2.75, 3.05) is 25.0 Å². The van der Waals surface area contributed by atoms with Gasteiger partial charge >= 0.3 is 0 Å². The first-order chi connectivity index (χ1) is 14.8. The molecule has 2 aliphatic rings. The predicted octanol–water partition coefficient (Wildman–Crippen LogP) is 4.82. The highest BCUT2D eigenvalue weighted by molar-refractivity contribution is 8.26. The highest BCUT2D eigenvalue weighted by Gasteiger charge is 2.29. The van der Waals surface area contributed by atoms with Gasteiger partial charge in [-0.25, -0.2) is 0 Å². The minimum absolute atomic E-state index is 0.110. The van der Waals surface area contributed by atoms with Crippen molar-refractivity contribution >= 4 is 51.7 Å². The number of likely N-dealkylation sites (N-methyl/N-ethyl adjacent to an activating group) is 1. The Kier molecular flexibility index (Phi) is 5.90. The molecule has 0 radical (unpaired) electrons. The standard InChI is InChI=1S/C22H24N4O3S2/c1-14-11-16(12-20-21(27)23(3)22(30)31-20)15(2)25(14)17-7-8-18(19(13-17)26(28)29)24-9-5-4-6-10-24/h7-8,11-13H,4-6,9-10H2,1-3H3/b20-12-. The van der Waals surface area contributed by atoms with Gasteiger partial charge < -0.3 is 9.47 Å². The van der Waals surface area contributed by atoms with Crippen LogP contribution in [0.4, 0.5) is 11.4 Å². The molecule has 0 bridgehead atoms. The second kappa shape index (κ2) is 8.47. The number of nitrogens with zero attached hydrogens (tertiary/aromatic N) is 4. The summed E-state index contributed by atoms with van der Waals surface area (Å²) in [5, 5.41) is 11.9. The lowest BCUT2D eigenvalue weighted by Gasteiger charge is -2.28. The molecule has 1 amide bonds. The lowest BCUT2D eigenvalue weighted by atomic mass is 10.1. The number of hydrogen-bond acceptors (Lipinski definition) is 6. The zero-order valence-corrected chi connectivity index (χ0v) is 19.4. The topological polar surface area (TPSA) is 71.6 Å². The van der Waals surface area contributed by atoms with Crippen molar-refractivity contribution in [3.05, 3.63) is 56.2 Å². The van der Waals surface area contributed by atoms with E-state index >= 15 is 0 Å². The Bertz CT molecular complexity index is 1120. The van der Waals surface area contributed by atoms with Gasteiger partial charge in [-0.05, 0) is 62.9 Å². The van der Waals surface area contributed by atoms with E-state index in [1.165, 1.54) is 23.1 Å². The summed E-state index contributed by atoms with van der Waals surface area (Å²) in [6.07, 6.45) is 5.13. The first-order valence-electron chi connectivity index (χ1n) is 10.2. The minimum atomic E-state index is -0.297. The molecular weight excluding hydrogens is 432 g/mol. The molecule has 0 aliphatic carbocycles. The van der Waals surface area contributed by atoms with Crippen LogP contribution in [0.25, 0.3) is 11.8 Å². The van der Waals surface area contributed by atoms with E-state index in [1.807, 2.05) is 42.7 Å². The number of carbonyl (C=O) groups is 1. The quantitative estimate of drug-likeness (QED) is 0.284. The molecule has 1 aromatic carbocycles. The maximum Gasteiger partial charge on any atom is 0.294 e. The fourth-order valence-corrected chi connectivity index (χ4v) is 5.39. The molecule has 0 saturated carbocycles. The zero-order chi connectivity index (χ0) is 22.3. The van der Waals surface area contributed by atoms with Crippen LogP contribution in [0.1, 0.15) is 36.2 Å². The van der Waals surface area contributed by atoms with Gasteiger partial charge in [0.25, 0.3) is 11.6 Å². The number of amides is 1. The van der Waals surface area contributed by atoms with E-state index in [0.717, 1.165) is 48.6 Å². The predicted molar refractivity (Wildman–Crippen MR) is 129 cm³/mol. The third-order valence-corrected chi connectivity index (χ3v) is 7.34. The number of thioether (sulfide) groups is 1. The Hall–Kier alpha value is -2.65. The summed E-state index contributed by atoms with van der Waals surface area (Å²) in [6.45, 7) is 5.61. The number of aryl methyl sites for hydroxylation is 1. The van der Waals surface area contributed by atoms with Crippen molar-refractivity contribution in [2.45, 2.75) is 33.1 Å². The van der Waals surface area contributed by atoms with E-state index in [4.69, 9.17) is 12.2 Å². The number of aromatic nitrogens is 1. The number of rotatable bonds is 4. The number of anilines is 1. The third kappa shape index (κ3) is 3.99. The van der Waals surface area contributed by atoms with Crippen LogP contribution in [-0.4, -0.2) is 44.8 Å². The number of thiocarbonyl (C=S) groups is 1. The van der Waals surface area contributed by atoms with E-state index < -0.39 is 0 Å². The average Bonchev–Trinajstić information content (AvgIpc) is 3.17. The van der Waals surface area contributed by atoms with Crippen molar-refractivity contribution in [2.24, 2.45) is 0 Å². The molecule has 0 N–H and O–H groups in total. The normalized spacial score (nSPS) is 18.4. The van der Waals surface area contributed by atoms with Crippen LogP contribution in [0, 0.1) is 24.0 Å². The fourth-order valence-electron chi connectivity index (χ4n) is 4.22. The summed E-state index contributed by atoms with van der Waals surface area (Å²) >= 11 is 6.50. The van der Waals surface area contributed by atoms with Gasteiger partial charge in [0.05, 0.1) is 15.5 Å². The molecule has 0 spiro atoms. The summed E-state index contributed by atoms with van der Waals surface area (Å²) < 4.78 is 2.53. The number of benzene rings is 1. The molecule has 7 nitrogen and oxygen atoms in total. The minimum Gasteiger partial charge on any atom is -0.366 e. The molecule has 162 valence electrons. The van der Waals surface area contributed by atoms with Crippen LogP contribution < -0.4 is 4.90 Å². The van der Waals surface area contributed by atoms with Gasteiger partial charge in [0.2, 0.25) is 0 Å².